The molecule has 3 aromatic carbocycles. The van der Waals surface area contributed by atoms with E-state index < -0.39 is 5.60 Å². The van der Waals surface area contributed by atoms with Gasteiger partial charge >= 0.3 is 0 Å². The van der Waals surface area contributed by atoms with Crippen LogP contribution in [-0.4, -0.2) is 125 Å². The Balaban J connectivity index is 1.49. The fraction of sp³-hybridized carbons (Fsp3) is 0.471. The summed E-state index contributed by atoms with van der Waals surface area (Å²) in [6.45, 7) is 18.0. The van der Waals surface area contributed by atoms with Crippen LogP contribution >= 0.6 is 0 Å². The van der Waals surface area contributed by atoms with Crippen molar-refractivity contribution in [1.82, 2.24) is 0 Å². The summed E-state index contributed by atoms with van der Waals surface area (Å²) < 4.78 is 54.4. The minimum Gasteiger partial charge on any atom is -0.490 e. The summed E-state index contributed by atoms with van der Waals surface area (Å²) in [6, 6.07) is 24.1. The summed E-state index contributed by atoms with van der Waals surface area (Å²) in [5.41, 5.74) is 5.05. The average molecular weight is 905 g/mol. The van der Waals surface area contributed by atoms with Crippen molar-refractivity contribution in [2.45, 2.75) is 40.2 Å². The topological polar surface area (TPSA) is 173 Å². The van der Waals surface area contributed by atoms with Crippen LogP contribution in [0.3, 0.4) is 0 Å². The second-order valence-corrected chi connectivity index (χ2v) is 15.9. The van der Waals surface area contributed by atoms with Gasteiger partial charge in [-0.1, -0.05) is 30.4 Å². The van der Waals surface area contributed by atoms with Crippen LogP contribution in [0, 0.1) is 47.8 Å². The van der Waals surface area contributed by atoms with Gasteiger partial charge in [0.15, 0.2) is 11.3 Å². The molecule has 2 aliphatic rings. The van der Waals surface area contributed by atoms with Gasteiger partial charge in [0.2, 0.25) is 0 Å². The van der Waals surface area contributed by atoms with Crippen molar-refractivity contribution in [2.24, 2.45) is 0 Å². The van der Waals surface area contributed by atoms with Gasteiger partial charge < -0.3 is 57.7 Å². The van der Waals surface area contributed by atoms with E-state index in [1.165, 1.54) is 0 Å². The van der Waals surface area contributed by atoms with Gasteiger partial charge in [0.1, 0.15) is 66.5 Å². The SMILES string of the molecule is CCOCCOCCN1CCOCCOCCNc2ccc(C)cc2OCCN(c2ccc(/C=C/C3=C(C#N)C(=C(C#N)C#N)OC3(C)C)cc2OCCOC)CCOc2cc(C)ccc21. The first-order chi connectivity index (χ1) is 32.1. The minimum absolute atomic E-state index is 0.0137. The number of fused-ring (bicyclic) bond motifs is 2. The molecule has 0 bridgehead atoms. The van der Waals surface area contributed by atoms with E-state index in [9.17, 15) is 15.8 Å². The number of nitrogens with one attached hydrogen (secondary N) is 1. The molecule has 0 atom stereocenters. The lowest BCUT2D eigenvalue weighted by Gasteiger charge is -2.29. The lowest BCUT2D eigenvalue weighted by atomic mass is 9.94. The molecule has 0 amide bonds. The first-order valence-corrected chi connectivity index (χ1v) is 22.5. The lowest BCUT2D eigenvalue weighted by Crippen LogP contribution is -2.34. The van der Waals surface area contributed by atoms with Crippen molar-refractivity contribution in [3.8, 4) is 35.5 Å². The molecule has 0 spiro atoms. The third-order valence-electron chi connectivity index (χ3n) is 10.7. The normalized spacial score (nSPS) is 16.3. The molecule has 5 rings (SSSR count). The van der Waals surface area contributed by atoms with Crippen LogP contribution in [0.5, 0.6) is 17.2 Å². The van der Waals surface area contributed by atoms with Crippen LogP contribution in [0.4, 0.5) is 17.1 Å². The Morgan fingerprint density at radius 3 is 2.18 bits per heavy atom. The zero-order chi connectivity index (χ0) is 47.2. The number of anilines is 3. The fourth-order valence-corrected chi connectivity index (χ4v) is 7.33. The number of aryl methyl sites for hydroxylation is 2. The smallest absolute Gasteiger partial charge is 0.172 e. The van der Waals surface area contributed by atoms with Crippen LogP contribution < -0.4 is 29.3 Å². The monoisotopic (exact) mass is 904 g/mol. The first-order valence-electron chi connectivity index (χ1n) is 22.5. The summed E-state index contributed by atoms with van der Waals surface area (Å²) in [4.78, 5) is 4.42. The van der Waals surface area contributed by atoms with Crippen molar-refractivity contribution in [2.75, 3.05) is 134 Å². The van der Waals surface area contributed by atoms with E-state index in [0.717, 1.165) is 45.3 Å². The van der Waals surface area contributed by atoms with Crippen LogP contribution in [0.25, 0.3) is 6.08 Å². The summed E-state index contributed by atoms with van der Waals surface area (Å²) in [5.74, 6) is 2.09. The summed E-state index contributed by atoms with van der Waals surface area (Å²) in [7, 11) is 1.63. The van der Waals surface area contributed by atoms with Crippen molar-refractivity contribution >= 4 is 23.1 Å². The van der Waals surface area contributed by atoms with E-state index >= 15 is 0 Å². The molecule has 352 valence electrons. The molecular formula is C51H64N6O9. The van der Waals surface area contributed by atoms with Crippen LogP contribution in [-0.2, 0) is 28.4 Å². The highest BCUT2D eigenvalue weighted by atomic mass is 16.5. The second kappa shape index (κ2) is 26.6. The Kier molecular flexibility index (Phi) is 20.5. The molecule has 15 heteroatoms. The molecule has 1 N–H and O–H groups in total. The Morgan fingerprint density at radius 1 is 0.758 bits per heavy atom. The number of ether oxygens (including phenoxy) is 9. The lowest BCUT2D eigenvalue weighted by molar-refractivity contribution is 0.0498. The number of benzene rings is 3. The Hall–Kier alpha value is -6.25. The predicted molar refractivity (Wildman–Crippen MR) is 254 cm³/mol. The highest BCUT2D eigenvalue weighted by Gasteiger charge is 2.38. The van der Waals surface area contributed by atoms with E-state index in [1.54, 1.807) is 27.0 Å². The average Bonchev–Trinajstić information content (AvgIpc) is 3.57. The zero-order valence-corrected chi connectivity index (χ0v) is 39.3. The van der Waals surface area contributed by atoms with Crippen LogP contribution in [0.15, 0.2) is 83.2 Å². The standard InChI is InChI=1S/C51H64N6O9/c1-7-59-27-28-61-22-17-56-18-23-62-30-29-60-21-16-55-44-13-8-38(2)32-47(44)63-24-19-57(20-25-64-48-33-39(3)9-14-45(48)56)46-15-11-40(34-49(46)65-31-26-58-6)10-12-43-42(37-54)50(41(35-52)36-53)66-51(43,4)5/h8-15,32-34,55H,7,16-31H2,1-6H3/b12-10+. The summed E-state index contributed by atoms with van der Waals surface area (Å²) in [6.07, 6.45) is 3.65. The largest absolute Gasteiger partial charge is 0.490 e. The minimum atomic E-state index is -0.959. The zero-order valence-electron chi connectivity index (χ0n) is 39.3. The molecule has 66 heavy (non-hydrogen) atoms. The van der Waals surface area contributed by atoms with Crippen molar-refractivity contribution in [3.63, 3.8) is 0 Å². The Labute approximate surface area is 390 Å². The third-order valence-corrected chi connectivity index (χ3v) is 10.7. The van der Waals surface area contributed by atoms with E-state index in [-0.39, 0.29) is 16.9 Å². The molecule has 0 aliphatic carbocycles. The number of hydrogen-bond donors (Lipinski definition) is 1. The Bertz CT molecular complexity index is 2260. The maximum absolute atomic E-state index is 10.1. The van der Waals surface area contributed by atoms with Gasteiger partial charge in [0.25, 0.3) is 0 Å². The molecule has 3 aromatic rings. The molecule has 2 heterocycles. The fourth-order valence-electron chi connectivity index (χ4n) is 7.33. The third kappa shape index (κ3) is 14.9. The maximum Gasteiger partial charge on any atom is 0.172 e. The summed E-state index contributed by atoms with van der Waals surface area (Å²) >= 11 is 0. The van der Waals surface area contributed by atoms with Crippen LogP contribution in [0.1, 0.15) is 37.5 Å². The molecule has 0 saturated heterocycles. The Morgan fingerprint density at radius 2 is 1.45 bits per heavy atom. The number of methoxy groups -OCH3 is 1. The number of nitrogens with zero attached hydrogens (tertiary/aromatic N) is 5. The highest BCUT2D eigenvalue weighted by Crippen LogP contribution is 2.41. The number of hydrogen-bond acceptors (Lipinski definition) is 15. The number of rotatable bonds is 14. The summed E-state index contributed by atoms with van der Waals surface area (Å²) in [5, 5.41) is 32.7. The second-order valence-electron chi connectivity index (χ2n) is 15.9. The van der Waals surface area contributed by atoms with E-state index in [2.05, 4.69) is 46.3 Å². The quantitative estimate of drug-likeness (QED) is 0.124. The van der Waals surface area contributed by atoms with Gasteiger partial charge in [-0.25, -0.2) is 0 Å². The highest BCUT2D eigenvalue weighted by molar-refractivity contribution is 5.68. The van der Waals surface area contributed by atoms with E-state index in [4.69, 9.17) is 42.6 Å². The molecule has 0 saturated carbocycles. The molecule has 0 radical (unpaired) electrons. The van der Waals surface area contributed by atoms with Gasteiger partial charge in [-0.15, -0.1) is 0 Å². The molecular weight excluding hydrogens is 841 g/mol. The van der Waals surface area contributed by atoms with Gasteiger partial charge in [0.05, 0.1) is 83.0 Å². The number of nitriles is 3. The van der Waals surface area contributed by atoms with Gasteiger partial charge in [-0.2, -0.15) is 15.8 Å². The van der Waals surface area contributed by atoms with Gasteiger partial charge in [-0.05, 0) is 87.7 Å². The molecule has 0 unspecified atom stereocenters. The number of allylic oxidation sites excluding steroid dienone is 2. The molecule has 0 aromatic heterocycles. The molecule has 2 aliphatic heterocycles. The van der Waals surface area contributed by atoms with Gasteiger partial charge in [0, 0.05) is 38.9 Å². The van der Waals surface area contributed by atoms with Crippen LogP contribution in [0.2, 0.25) is 0 Å². The molecule has 15 nitrogen and oxygen atoms in total. The van der Waals surface area contributed by atoms with Crippen molar-refractivity contribution in [1.29, 1.82) is 15.8 Å². The predicted octanol–water partition coefficient (Wildman–Crippen LogP) is 7.55. The first kappa shape index (κ1) is 50.7. The van der Waals surface area contributed by atoms with E-state index in [0.29, 0.717) is 123 Å². The van der Waals surface area contributed by atoms with Crippen molar-refractivity contribution < 1.29 is 42.6 Å². The van der Waals surface area contributed by atoms with Gasteiger partial charge in [-0.3, -0.25) is 0 Å². The van der Waals surface area contributed by atoms with E-state index in [1.807, 2.05) is 68.5 Å². The van der Waals surface area contributed by atoms with Crippen molar-refractivity contribution in [3.05, 3.63) is 99.8 Å². The molecule has 0 fully saturated rings. The maximum atomic E-state index is 10.1.